The Morgan fingerprint density at radius 2 is 1.88 bits per heavy atom. The standard InChI is InChI=1S/C15H22ClN/c1-11-6-12(2)15(13(3)7-11)10-17-5-4-14(8-16)9-17/h6-7,14H,4-5,8-10H2,1-3H3. The average Bonchev–Trinajstić information content (AvgIpc) is 2.71. The van der Waals surface area contributed by atoms with Crippen LogP contribution in [0.2, 0.25) is 0 Å². The lowest BCUT2D eigenvalue weighted by Gasteiger charge is -2.19. The van der Waals surface area contributed by atoms with Crippen LogP contribution in [0, 0.1) is 26.7 Å². The smallest absolute Gasteiger partial charge is 0.0264 e. The summed E-state index contributed by atoms with van der Waals surface area (Å²) in [6.07, 6.45) is 1.26. The third-order valence-electron chi connectivity index (χ3n) is 3.81. The van der Waals surface area contributed by atoms with E-state index in [1.165, 1.54) is 35.2 Å². The third-order valence-corrected chi connectivity index (χ3v) is 4.25. The predicted molar refractivity (Wildman–Crippen MR) is 74.8 cm³/mol. The number of rotatable bonds is 3. The molecule has 17 heavy (non-hydrogen) atoms. The molecule has 0 saturated carbocycles. The number of halogens is 1. The van der Waals surface area contributed by atoms with E-state index in [2.05, 4.69) is 37.8 Å². The van der Waals surface area contributed by atoms with Crippen molar-refractivity contribution in [3.05, 3.63) is 34.4 Å². The van der Waals surface area contributed by atoms with Crippen LogP contribution < -0.4 is 0 Å². The molecule has 1 saturated heterocycles. The molecule has 0 aromatic heterocycles. The molecule has 1 nitrogen and oxygen atoms in total. The van der Waals surface area contributed by atoms with Gasteiger partial charge in [0, 0.05) is 19.0 Å². The molecule has 2 heteroatoms. The summed E-state index contributed by atoms with van der Waals surface area (Å²) in [5, 5.41) is 0. The fourth-order valence-corrected chi connectivity index (χ4v) is 3.12. The Bertz CT molecular complexity index is 377. The van der Waals surface area contributed by atoms with Crippen LogP contribution in [0.1, 0.15) is 28.7 Å². The fourth-order valence-electron chi connectivity index (χ4n) is 2.87. The normalized spacial score (nSPS) is 21.1. The summed E-state index contributed by atoms with van der Waals surface area (Å²) < 4.78 is 0. The molecule has 0 aliphatic carbocycles. The highest BCUT2D eigenvalue weighted by Gasteiger charge is 2.22. The summed E-state index contributed by atoms with van der Waals surface area (Å²) in [6.45, 7) is 10.1. The van der Waals surface area contributed by atoms with Gasteiger partial charge in [0.15, 0.2) is 0 Å². The second-order valence-electron chi connectivity index (χ2n) is 5.42. The molecule has 1 fully saturated rings. The van der Waals surface area contributed by atoms with Crippen LogP contribution in [0.5, 0.6) is 0 Å². The first-order valence-corrected chi connectivity index (χ1v) is 6.98. The molecular formula is C15H22ClN. The quantitative estimate of drug-likeness (QED) is 0.741. The zero-order chi connectivity index (χ0) is 12.4. The number of likely N-dealkylation sites (tertiary alicyclic amines) is 1. The van der Waals surface area contributed by atoms with E-state index in [9.17, 15) is 0 Å². The number of hydrogen-bond donors (Lipinski definition) is 0. The second-order valence-corrected chi connectivity index (χ2v) is 5.73. The Kier molecular flexibility index (Phi) is 4.11. The van der Waals surface area contributed by atoms with Crippen LogP contribution >= 0.6 is 11.6 Å². The van der Waals surface area contributed by atoms with E-state index in [1.807, 2.05) is 0 Å². The minimum atomic E-state index is 0.697. The van der Waals surface area contributed by atoms with Crippen molar-refractivity contribution in [3.8, 4) is 0 Å². The maximum Gasteiger partial charge on any atom is 0.0264 e. The maximum absolute atomic E-state index is 5.93. The van der Waals surface area contributed by atoms with Gasteiger partial charge in [-0.15, -0.1) is 11.6 Å². The van der Waals surface area contributed by atoms with Gasteiger partial charge in [-0.1, -0.05) is 17.7 Å². The lowest BCUT2D eigenvalue weighted by Crippen LogP contribution is -2.21. The molecule has 1 aliphatic heterocycles. The number of nitrogens with zero attached hydrogens (tertiary/aromatic N) is 1. The maximum atomic E-state index is 5.93. The highest BCUT2D eigenvalue weighted by atomic mass is 35.5. The molecule has 1 aromatic carbocycles. The van der Waals surface area contributed by atoms with Gasteiger partial charge in [0.05, 0.1) is 0 Å². The molecule has 0 N–H and O–H groups in total. The molecule has 2 rings (SSSR count). The van der Waals surface area contributed by atoms with Gasteiger partial charge in [0.2, 0.25) is 0 Å². The zero-order valence-electron chi connectivity index (χ0n) is 11.1. The van der Waals surface area contributed by atoms with Gasteiger partial charge in [0.1, 0.15) is 0 Å². The van der Waals surface area contributed by atoms with Crippen LogP contribution in [0.4, 0.5) is 0 Å². The lowest BCUT2D eigenvalue weighted by atomic mass is 9.99. The molecule has 0 amide bonds. The molecule has 1 unspecified atom stereocenters. The monoisotopic (exact) mass is 251 g/mol. The summed E-state index contributed by atoms with van der Waals surface area (Å²) in [5.74, 6) is 1.50. The first-order valence-electron chi connectivity index (χ1n) is 6.45. The van der Waals surface area contributed by atoms with Gasteiger partial charge in [-0.3, -0.25) is 4.90 Å². The van der Waals surface area contributed by atoms with Gasteiger partial charge in [-0.2, -0.15) is 0 Å². The topological polar surface area (TPSA) is 3.24 Å². The number of hydrogen-bond acceptors (Lipinski definition) is 1. The van der Waals surface area contributed by atoms with Crippen molar-refractivity contribution in [2.75, 3.05) is 19.0 Å². The third kappa shape index (κ3) is 3.02. The summed E-state index contributed by atoms with van der Waals surface area (Å²) in [4.78, 5) is 2.54. The first kappa shape index (κ1) is 12.9. The molecule has 0 bridgehead atoms. The van der Waals surface area contributed by atoms with Crippen LogP contribution in [-0.2, 0) is 6.54 Å². The van der Waals surface area contributed by atoms with E-state index in [1.54, 1.807) is 0 Å². The highest BCUT2D eigenvalue weighted by molar-refractivity contribution is 6.18. The summed E-state index contributed by atoms with van der Waals surface area (Å²) in [5.41, 5.74) is 5.73. The van der Waals surface area contributed by atoms with Crippen molar-refractivity contribution >= 4 is 11.6 Å². The molecule has 1 aliphatic rings. The average molecular weight is 252 g/mol. The van der Waals surface area contributed by atoms with E-state index < -0.39 is 0 Å². The van der Waals surface area contributed by atoms with E-state index >= 15 is 0 Å². The number of aryl methyl sites for hydroxylation is 3. The molecular weight excluding hydrogens is 230 g/mol. The van der Waals surface area contributed by atoms with Crippen molar-refractivity contribution < 1.29 is 0 Å². The molecule has 1 atom stereocenters. The van der Waals surface area contributed by atoms with Gasteiger partial charge in [-0.05, 0) is 56.3 Å². The van der Waals surface area contributed by atoms with Crippen molar-refractivity contribution in [2.45, 2.75) is 33.7 Å². The Labute approximate surface area is 110 Å². The van der Waals surface area contributed by atoms with E-state index in [0.29, 0.717) is 5.92 Å². The summed E-state index contributed by atoms with van der Waals surface area (Å²) in [6, 6.07) is 4.58. The zero-order valence-corrected chi connectivity index (χ0v) is 11.8. The van der Waals surface area contributed by atoms with Gasteiger partial charge in [-0.25, -0.2) is 0 Å². The van der Waals surface area contributed by atoms with Crippen LogP contribution in [0.25, 0.3) is 0 Å². The Morgan fingerprint density at radius 3 is 2.41 bits per heavy atom. The molecule has 0 radical (unpaired) electrons. The Hall–Kier alpha value is -0.530. The van der Waals surface area contributed by atoms with Gasteiger partial charge >= 0.3 is 0 Å². The van der Waals surface area contributed by atoms with Crippen molar-refractivity contribution in [2.24, 2.45) is 5.92 Å². The van der Waals surface area contributed by atoms with E-state index in [0.717, 1.165) is 19.0 Å². The highest BCUT2D eigenvalue weighted by Crippen LogP contribution is 2.23. The molecule has 0 spiro atoms. The summed E-state index contributed by atoms with van der Waals surface area (Å²) in [7, 11) is 0. The van der Waals surface area contributed by atoms with Crippen LogP contribution in [0.15, 0.2) is 12.1 Å². The molecule has 1 heterocycles. The van der Waals surface area contributed by atoms with Crippen molar-refractivity contribution in [3.63, 3.8) is 0 Å². The van der Waals surface area contributed by atoms with Gasteiger partial charge in [0.25, 0.3) is 0 Å². The van der Waals surface area contributed by atoms with Crippen molar-refractivity contribution in [1.82, 2.24) is 4.90 Å². The predicted octanol–water partition coefficient (Wildman–Crippen LogP) is 3.67. The fraction of sp³-hybridized carbons (Fsp3) is 0.600. The largest absolute Gasteiger partial charge is 0.299 e. The van der Waals surface area contributed by atoms with E-state index in [-0.39, 0.29) is 0 Å². The van der Waals surface area contributed by atoms with Gasteiger partial charge < -0.3 is 0 Å². The molecule has 94 valence electrons. The minimum absolute atomic E-state index is 0.697. The second kappa shape index (κ2) is 5.41. The Balaban J connectivity index is 2.09. The number of benzene rings is 1. The Morgan fingerprint density at radius 1 is 1.24 bits per heavy atom. The van der Waals surface area contributed by atoms with E-state index in [4.69, 9.17) is 11.6 Å². The van der Waals surface area contributed by atoms with Crippen LogP contribution in [-0.4, -0.2) is 23.9 Å². The van der Waals surface area contributed by atoms with Crippen molar-refractivity contribution in [1.29, 1.82) is 0 Å². The minimum Gasteiger partial charge on any atom is -0.299 e. The summed E-state index contributed by atoms with van der Waals surface area (Å²) >= 11 is 5.93. The first-order chi connectivity index (χ1) is 8.10. The SMILES string of the molecule is Cc1cc(C)c(CN2CCC(CCl)C2)c(C)c1. The number of alkyl halides is 1. The molecule has 1 aromatic rings. The van der Waals surface area contributed by atoms with Crippen LogP contribution in [0.3, 0.4) is 0 Å². The lowest BCUT2D eigenvalue weighted by molar-refractivity contribution is 0.319.